The van der Waals surface area contributed by atoms with Gasteiger partial charge in [0.05, 0.1) is 6.10 Å². The Morgan fingerprint density at radius 3 is 2.33 bits per heavy atom. The van der Waals surface area contributed by atoms with Crippen molar-refractivity contribution in [1.82, 2.24) is 4.90 Å². The van der Waals surface area contributed by atoms with Crippen LogP contribution in [0.3, 0.4) is 0 Å². The molecule has 0 radical (unpaired) electrons. The number of hydrogen-bond donors (Lipinski definition) is 1. The number of para-hydroxylation sites is 1. The summed E-state index contributed by atoms with van der Waals surface area (Å²) in [6.45, 7) is 4.28. The lowest BCUT2D eigenvalue weighted by atomic mass is 9.74. The van der Waals surface area contributed by atoms with E-state index in [-0.39, 0.29) is 5.41 Å². The Hall–Kier alpha value is -1.88. The number of benzene rings is 2. The largest absolute Gasteiger partial charge is 0.396 e. The molecule has 2 aromatic rings. The van der Waals surface area contributed by atoms with Gasteiger partial charge >= 0.3 is 0 Å². The molecule has 30 heavy (non-hydrogen) atoms. The van der Waals surface area contributed by atoms with Gasteiger partial charge in [0.25, 0.3) is 0 Å². The van der Waals surface area contributed by atoms with Crippen molar-refractivity contribution in [3.8, 4) is 0 Å². The van der Waals surface area contributed by atoms with E-state index >= 15 is 0 Å². The van der Waals surface area contributed by atoms with E-state index in [1.165, 1.54) is 29.8 Å². The van der Waals surface area contributed by atoms with Gasteiger partial charge < -0.3 is 14.7 Å². The fourth-order valence-electron chi connectivity index (χ4n) is 4.95. The minimum absolute atomic E-state index is 0.0563. The maximum Gasteiger partial charge on any atom is 0.0581 e. The molecule has 2 aliphatic heterocycles. The van der Waals surface area contributed by atoms with Crippen LogP contribution in [-0.2, 0) is 11.3 Å². The van der Waals surface area contributed by atoms with Gasteiger partial charge in [0.15, 0.2) is 0 Å². The Kier molecular flexibility index (Phi) is 7.08. The molecule has 162 valence electrons. The molecular formula is C26H36N2O2. The third-order valence-electron chi connectivity index (χ3n) is 7.06. The highest BCUT2D eigenvalue weighted by Gasteiger charge is 2.36. The fraction of sp³-hybridized carbons (Fsp3) is 0.538. The molecule has 2 heterocycles. The van der Waals surface area contributed by atoms with E-state index in [0.717, 1.165) is 51.9 Å². The quantitative estimate of drug-likeness (QED) is 0.700. The standard InChI is InChI=1S/C26H36N2O2/c1-27(23-7-3-2-4-8-23)24-12-10-22(11-13-24)20-28-16-14-26(21-29,15-17-28)19-25-9-5-6-18-30-25/h2-4,7-8,10-13,25,29H,5-6,9,14-21H2,1H3/t25-/m1/s1. The number of nitrogens with zero attached hydrogens (tertiary/aromatic N) is 2. The van der Waals surface area contributed by atoms with E-state index in [0.29, 0.717) is 12.7 Å². The van der Waals surface area contributed by atoms with Gasteiger partial charge in [-0.2, -0.15) is 0 Å². The minimum Gasteiger partial charge on any atom is -0.396 e. The highest BCUT2D eigenvalue weighted by Crippen LogP contribution is 2.38. The van der Waals surface area contributed by atoms with Gasteiger partial charge in [0, 0.05) is 38.2 Å². The van der Waals surface area contributed by atoms with Gasteiger partial charge in [-0.05, 0) is 86.9 Å². The van der Waals surface area contributed by atoms with E-state index in [1.54, 1.807) is 0 Å². The van der Waals surface area contributed by atoms with Gasteiger partial charge in [-0.1, -0.05) is 30.3 Å². The maximum atomic E-state index is 10.1. The first-order chi connectivity index (χ1) is 14.7. The molecule has 0 unspecified atom stereocenters. The van der Waals surface area contributed by atoms with Crippen LogP contribution in [0.5, 0.6) is 0 Å². The smallest absolute Gasteiger partial charge is 0.0581 e. The summed E-state index contributed by atoms with van der Waals surface area (Å²) in [5.74, 6) is 0. The van der Waals surface area contributed by atoms with E-state index < -0.39 is 0 Å². The second kappa shape index (κ2) is 9.95. The normalized spacial score (nSPS) is 22.0. The summed E-state index contributed by atoms with van der Waals surface area (Å²) in [7, 11) is 2.11. The maximum absolute atomic E-state index is 10.1. The van der Waals surface area contributed by atoms with Crippen molar-refractivity contribution in [3.63, 3.8) is 0 Å². The zero-order valence-corrected chi connectivity index (χ0v) is 18.3. The Labute approximate surface area is 181 Å². The Bertz CT molecular complexity index is 763. The van der Waals surface area contributed by atoms with Gasteiger partial charge in [-0.3, -0.25) is 4.90 Å². The van der Waals surface area contributed by atoms with Crippen molar-refractivity contribution in [2.75, 3.05) is 38.3 Å². The van der Waals surface area contributed by atoms with Crippen LogP contribution in [0.1, 0.15) is 44.1 Å². The Morgan fingerprint density at radius 2 is 1.70 bits per heavy atom. The van der Waals surface area contributed by atoms with Gasteiger partial charge in [-0.15, -0.1) is 0 Å². The topological polar surface area (TPSA) is 35.9 Å². The molecule has 0 amide bonds. The first kappa shape index (κ1) is 21.4. The molecule has 1 N–H and O–H groups in total. The first-order valence-corrected chi connectivity index (χ1v) is 11.5. The molecule has 0 saturated carbocycles. The van der Waals surface area contributed by atoms with Crippen LogP contribution in [0.15, 0.2) is 54.6 Å². The predicted molar refractivity (Wildman–Crippen MR) is 123 cm³/mol. The summed E-state index contributed by atoms with van der Waals surface area (Å²) in [4.78, 5) is 4.75. The number of rotatable bonds is 7. The number of aliphatic hydroxyl groups is 1. The van der Waals surface area contributed by atoms with Crippen LogP contribution in [0.4, 0.5) is 11.4 Å². The molecule has 2 aliphatic rings. The average Bonchev–Trinajstić information content (AvgIpc) is 2.82. The lowest BCUT2D eigenvalue weighted by molar-refractivity contribution is -0.0486. The summed E-state index contributed by atoms with van der Waals surface area (Å²) >= 11 is 0. The number of aliphatic hydroxyl groups excluding tert-OH is 1. The van der Waals surface area contributed by atoms with Crippen molar-refractivity contribution < 1.29 is 9.84 Å². The lowest BCUT2D eigenvalue weighted by Gasteiger charge is -2.43. The lowest BCUT2D eigenvalue weighted by Crippen LogP contribution is -2.44. The molecule has 2 saturated heterocycles. The van der Waals surface area contributed by atoms with Crippen molar-refractivity contribution in [1.29, 1.82) is 0 Å². The molecule has 0 bridgehead atoms. The number of hydrogen-bond acceptors (Lipinski definition) is 4. The summed E-state index contributed by atoms with van der Waals surface area (Å²) in [5, 5.41) is 10.1. The Morgan fingerprint density at radius 1 is 1.00 bits per heavy atom. The highest BCUT2D eigenvalue weighted by atomic mass is 16.5. The number of likely N-dealkylation sites (tertiary alicyclic amines) is 1. The Balaban J connectivity index is 1.30. The molecule has 1 atom stereocenters. The summed E-state index contributed by atoms with van der Waals surface area (Å²) < 4.78 is 5.96. The van der Waals surface area contributed by atoms with Crippen molar-refractivity contribution in [3.05, 3.63) is 60.2 Å². The van der Waals surface area contributed by atoms with E-state index in [9.17, 15) is 5.11 Å². The molecule has 4 rings (SSSR count). The molecule has 2 fully saturated rings. The molecule has 0 aromatic heterocycles. The van der Waals surface area contributed by atoms with Crippen LogP contribution in [0, 0.1) is 5.41 Å². The van der Waals surface area contributed by atoms with Crippen molar-refractivity contribution in [2.45, 2.75) is 51.2 Å². The second-order valence-electron chi connectivity index (χ2n) is 9.19. The third kappa shape index (κ3) is 5.23. The van der Waals surface area contributed by atoms with Crippen LogP contribution in [0.25, 0.3) is 0 Å². The predicted octanol–water partition coefficient (Wildman–Crippen LogP) is 4.99. The zero-order valence-electron chi connectivity index (χ0n) is 18.3. The second-order valence-corrected chi connectivity index (χ2v) is 9.19. The summed E-state index contributed by atoms with van der Waals surface area (Å²) in [6.07, 6.45) is 7.14. The minimum atomic E-state index is 0.0563. The number of ether oxygens (including phenoxy) is 1. The summed E-state index contributed by atoms with van der Waals surface area (Å²) in [6, 6.07) is 19.4. The van der Waals surface area contributed by atoms with E-state index in [1.807, 2.05) is 6.07 Å². The molecule has 4 heteroatoms. The van der Waals surface area contributed by atoms with E-state index in [4.69, 9.17) is 4.74 Å². The number of anilines is 2. The SMILES string of the molecule is CN(c1ccccc1)c1ccc(CN2CCC(CO)(C[C@H]3CCCCO3)CC2)cc1. The van der Waals surface area contributed by atoms with Crippen molar-refractivity contribution >= 4 is 11.4 Å². The molecule has 2 aromatic carbocycles. The van der Waals surface area contributed by atoms with Gasteiger partial charge in [-0.25, -0.2) is 0 Å². The molecular weight excluding hydrogens is 372 g/mol. The molecule has 4 nitrogen and oxygen atoms in total. The zero-order chi connectivity index (χ0) is 20.8. The molecule has 0 aliphatic carbocycles. The van der Waals surface area contributed by atoms with Crippen molar-refractivity contribution in [2.24, 2.45) is 5.41 Å². The monoisotopic (exact) mass is 408 g/mol. The van der Waals surface area contributed by atoms with Crippen LogP contribution >= 0.6 is 0 Å². The summed E-state index contributed by atoms with van der Waals surface area (Å²) in [5.41, 5.74) is 3.81. The van der Waals surface area contributed by atoms with Gasteiger partial charge in [0.1, 0.15) is 0 Å². The van der Waals surface area contributed by atoms with Crippen LogP contribution in [-0.4, -0.2) is 49.5 Å². The van der Waals surface area contributed by atoms with Crippen LogP contribution < -0.4 is 4.90 Å². The van der Waals surface area contributed by atoms with Crippen LogP contribution in [0.2, 0.25) is 0 Å². The molecule has 0 spiro atoms. The van der Waals surface area contributed by atoms with Gasteiger partial charge in [0.2, 0.25) is 0 Å². The first-order valence-electron chi connectivity index (χ1n) is 11.5. The third-order valence-corrected chi connectivity index (χ3v) is 7.06. The van der Waals surface area contributed by atoms with E-state index in [2.05, 4.69) is 65.4 Å². The average molecular weight is 409 g/mol. The number of piperidine rings is 1. The highest BCUT2D eigenvalue weighted by molar-refractivity contribution is 5.62. The fourth-order valence-corrected chi connectivity index (χ4v) is 4.95.